The van der Waals surface area contributed by atoms with E-state index in [0.717, 1.165) is 23.9 Å². The summed E-state index contributed by atoms with van der Waals surface area (Å²) in [5, 5.41) is 3.20. The third kappa shape index (κ3) is 1.35. The lowest BCUT2D eigenvalue weighted by Gasteiger charge is -2.12. The largest absolute Gasteiger partial charge is 0.368 e. The molecule has 0 radical (unpaired) electrons. The van der Waals surface area contributed by atoms with E-state index in [1.165, 1.54) is 12.8 Å². The molecule has 15 heavy (non-hydrogen) atoms. The molecule has 0 atom stereocenters. The lowest BCUT2D eigenvalue weighted by Crippen LogP contribution is -2.08. The summed E-state index contributed by atoms with van der Waals surface area (Å²) in [6, 6.07) is 0.590. The molecular weight excluding hydrogens is 190 g/mol. The molecule has 1 saturated carbocycles. The van der Waals surface area contributed by atoms with Crippen LogP contribution in [0.1, 0.15) is 25.8 Å². The van der Waals surface area contributed by atoms with E-state index < -0.39 is 0 Å². The molecule has 2 heterocycles. The Balaban J connectivity index is 2.10. The fourth-order valence-corrected chi connectivity index (χ4v) is 1.77. The van der Waals surface area contributed by atoms with E-state index in [1.54, 1.807) is 6.33 Å². The van der Waals surface area contributed by atoms with E-state index in [-0.39, 0.29) is 0 Å². The van der Waals surface area contributed by atoms with Gasteiger partial charge in [-0.1, -0.05) is 0 Å². The number of imidazole rings is 1. The summed E-state index contributed by atoms with van der Waals surface area (Å²) in [4.78, 5) is 12.9. The normalized spacial score (nSPS) is 15.8. The number of nitrogens with zero attached hydrogens (tertiary/aromatic N) is 4. The number of fused-ring (bicyclic) bond motifs is 1. The van der Waals surface area contributed by atoms with Crippen LogP contribution in [0, 0.1) is 0 Å². The summed E-state index contributed by atoms with van der Waals surface area (Å²) >= 11 is 0. The van der Waals surface area contributed by atoms with Gasteiger partial charge in [0.25, 0.3) is 0 Å². The van der Waals surface area contributed by atoms with Crippen molar-refractivity contribution in [2.45, 2.75) is 25.8 Å². The summed E-state index contributed by atoms with van der Waals surface area (Å²) in [5.41, 5.74) is 0.881. The quantitative estimate of drug-likeness (QED) is 0.822. The minimum absolute atomic E-state index is 0.590. The fraction of sp³-hybridized carbons (Fsp3) is 0.500. The molecule has 0 spiro atoms. The Hall–Kier alpha value is -1.65. The second-order valence-corrected chi connectivity index (χ2v) is 3.81. The van der Waals surface area contributed by atoms with Crippen molar-refractivity contribution < 1.29 is 0 Å². The number of aromatic nitrogens is 4. The monoisotopic (exact) mass is 203 g/mol. The molecule has 3 rings (SSSR count). The van der Waals surface area contributed by atoms with Crippen molar-refractivity contribution in [3.63, 3.8) is 0 Å². The van der Waals surface area contributed by atoms with Crippen LogP contribution >= 0.6 is 0 Å². The van der Waals surface area contributed by atoms with Crippen LogP contribution in [0.2, 0.25) is 0 Å². The molecule has 2 aliphatic heterocycles. The van der Waals surface area contributed by atoms with Gasteiger partial charge in [-0.05, 0) is 19.8 Å². The number of nitrogens with one attached hydrogen (secondary N) is 1. The molecular formula is C10H13N5. The van der Waals surface area contributed by atoms with Gasteiger partial charge in [0, 0.05) is 12.6 Å². The van der Waals surface area contributed by atoms with Gasteiger partial charge in [0.15, 0.2) is 17.3 Å². The Bertz CT molecular complexity index is 445. The lowest BCUT2D eigenvalue weighted by atomic mass is 10.3. The summed E-state index contributed by atoms with van der Waals surface area (Å²) < 4.78 is 2.13. The topological polar surface area (TPSA) is 55.6 Å². The van der Waals surface area contributed by atoms with Gasteiger partial charge in [0.2, 0.25) is 0 Å². The van der Waals surface area contributed by atoms with Crippen LogP contribution in [0.5, 0.6) is 0 Å². The SMILES string of the molecule is CCNc1ncn(C2CC2)c2ncnc1-2. The second kappa shape index (κ2) is 3.18. The first-order valence-corrected chi connectivity index (χ1v) is 5.31. The van der Waals surface area contributed by atoms with Crippen LogP contribution in [0.3, 0.4) is 0 Å². The predicted octanol–water partition coefficient (Wildman–Crippen LogP) is 1.54. The number of hydrogen-bond donors (Lipinski definition) is 1. The summed E-state index contributed by atoms with van der Waals surface area (Å²) in [7, 11) is 0. The Morgan fingerprint density at radius 3 is 3.00 bits per heavy atom. The first-order chi connectivity index (χ1) is 7.40. The minimum atomic E-state index is 0.590. The number of hydrogen-bond acceptors (Lipinski definition) is 4. The molecule has 1 N–H and O–H groups in total. The van der Waals surface area contributed by atoms with Crippen LogP contribution in [0.15, 0.2) is 12.7 Å². The van der Waals surface area contributed by atoms with E-state index in [2.05, 4.69) is 24.8 Å². The maximum Gasteiger partial charge on any atom is 0.165 e. The van der Waals surface area contributed by atoms with Crippen LogP contribution < -0.4 is 5.32 Å². The molecule has 5 nitrogen and oxygen atoms in total. The second-order valence-electron chi connectivity index (χ2n) is 3.81. The van der Waals surface area contributed by atoms with Gasteiger partial charge in [-0.3, -0.25) is 0 Å². The molecule has 0 aromatic heterocycles. The van der Waals surface area contributed by atoms with Gasteiger partial charge >= 0.3 is 0 Å². The summed E-state index contributed by atoms with van der Waals surface area (Å²) in [5.74, 6) is 1.78. The first-order valence-electron chi connectivity index (χ1n) is 5.31. The predicted molar refractivity (Wildman–Crippen MR) is 56.9 cm³/mol. The molecule has 0 aromatic rings. The molecule has 1 aliphatic carbocycles. The highest BCUT2D eigenvalue weighted by molar-refractivity contribution is 5.66. The zero-order chi connectivity index (χ0) is 10.3. The Labute approximate surface area is 87.9 Å². The Morgan fingerprint density at radius 1 is 1.40 bits per heavy atom. The highest BCUT2D eigenvalue weighted by Gasteiger charge is 2.28. The van der Waals surface area contributed by atoms with E-state index in [1.807, 2.05) is 13.3 Å². The van der Waals surface area contributed by atoms with Gasteiger partial charge < -0.3 is 9.88 Å². The third-order valence-electron chi connectivity index (χ3n) is 2.64. The lowest BCUT2D eigenvalue weighted by molar-refractivity contribution is 0.712. The highest BCUT2D eigenvalue weighted by Crippen LogP contribution is 2.38. The Morgan fingerprint density at radius 2 is 2.27 bits per heavy atom. The average molecular weight is 203 g/mol. The van der Waals surface area contributed by atoms with E-state index in [4.69, 9.17) is 0 Å². The van der Waals surface area contributed by atoms with E-state index in [9.17, 15) is 0 Å². The van der Waals surface area contributed by atoms with Crippen molar-refractivity contribution in [2.75, 3.05) is 11.9 Å². The van der Waals surface area contributed by atoms with Gasteiger partial charge in [0.05, 0.1) is 6.33 Å². The fourth-order valence-electron chi connectivity index (χ4n) is 1.77. The van der Waals surface area contributed by atoms with Crippen molar-refractivity contribution in [1.29, 1.82) is 0 Å². The van der Waals surface area contributed by atoms with Crippen molar-refractivity contribution >= 4 is 5.82 Å². The summed E-state index contributed by atoms with van der Waals surface area (Å²) in [6.07, 6.45) is 5.93. The minimum Gasteiger partial charge on any atom is -0.368 e. The maximum absolute atomic E-state index is 4.38. The molecule has 0 amide bonds. The number of anilines is 1. The zero-order valence-electron chi connectivity index (χ0n) is 8.64. The van der Waals surface area contributed by atoms with Crippen LogP contribution in [-0.2, 0) is 0 Å². The average Bonchev–Trinajstić information content (AvgIpc) is 2.96. The molecule has 78 valence electrons. The van der Waals surface area contributed by atoms with Crippen LogP contribution in [-0.4, -0.2) is 26.1 Å². The van der Waals surface area contributed by atoms with Crippen LogP contribution in [0.4, 0.5) is 5.82 Å². The third-order valence-corrected chi connectivity index (χ3v) is 2.64. The van der Waals surface area contributed by atoms with Crippen molar-refractivity contribution in [3.8, 4) is 11.5 Å². The maximum atomic E-state index is 4.38. The van der Waals surface area contributed by atoms with Crippen molar-refractivity contribution in [3.05, 3.63) is 12.7 Å². The van der Waals surface area contributed by atoms with Crippen LogP contribution in [0.25, 0.3) is 11.5 Å². The van der Waals surface area contributed by atoms with Gasteiger partial charge in [0.1, 0.15) is 6.33 Å². The first kappa shape index (κ1) is 8.64. The van der Waals surface area contributed by atoms with Crippen molar-refractivity contribution in [2.24, 2.45) is 0 Å². The van der Waals surface area contributed by atoms with Gasteiger partial charge in [-0.2, -0.15) is 0 Å². The molecule has 0 unspecified atom stereocenters. The smallest absolute Gasteiger partial charge is 0.165 e. The van der Waals surface area contributed by atoms with E-state index >= 15 is 0 Å². The molecule has 3 aliphatic rings. The standard InChI is InChI=1S/C10H13N5/c1-2-11-9-8-10(13-5-12-8)15(6-14-9)7-3-4-7/h5-7,11H,2-4H2,1H3. The molecule has 0 bridgehead atoms. The highest BCUT2D eigenvalue weighted by atomic mass is 15.2. The zero-order valence-corrected chi connectivity index (χ0v) is 8.64. The Kier molecular flexibility index (Phi) is 1.83. The molecule has 5 heteroatoms. The summed E-state index contributed by atoms with van der Waals surface area (Å²) in [6.45, 7) is 2.90. The van der Waals surface area contributed by atoms with Crippen molar-refractivity contribution in [1.82, 2.24) is 19.5 Å². The van der Waals surface area contributed by atoms with Gasteiger partial charge in [-0.15, -0.1) is 0 Å². The molecule has 0 saturated heterocycles. The molecule has 1 fully saturated rings. The molecule has 0 aromatic carbocycles. The number of rotatable bonds is 3. The van der Waals surface area contributed by atoms with E-state index in [0.29, 0.717) is 6.04 Å². The van der Waals surface area contributed by atoms with Gasteiger partial charge in [-0.25, -0.2) is 15.0 Å².